The molecule has 0 aliphatic rings. The lowest BCUT2D eigenvalue weighted by Gasteiger charge is -2.04. The highest BCUT2D eigenvalue weighted by molar-refractivity contribution is 5.87. The Hall–Kier alpha value is -0.790. The van der Waals surface area contributed by atoms with Crippen molar-refractivity contribution in [1.29, 1.82) is 0 Å². The average Bonchev–Trinajstić information content (AvgIpc) is 1.82. The number of nitrogens with zero attached hydrogens (tertiary/aromatic N) is 1. The highest BCUT2D eigenvalue weighted by atomic mass is 16.2. The fourth-order valence-corrected chi connectivity index (χ4v) is 0.328. The van der Waals surface area contributed by atoms with Crippen LogP contribution in [0.25, 0.3) is 0 Å². The van der Waals surface area contributed by atoms with Gasteiger partial charge in [0, 0.05) is 14.1 Å². The second-order valence-electron chi connectivity index (χ2n) is 1.93. The van der Waals surface area contributed by atoms with E-state index >= 15 is 0 Å². The van der Waals surface area contributed by atoms with Crippen LogP contribution in [-0.2, 0) is 4.79 Å². The van der Waals surface area contributed by atoms with Crippen LogP contribution in [0.3, 0.4) is 0 Å². The lowest BCUT2D eigenvalue weighted by molar-refractivity contribution is -0.123. The molecule has 0 aliphatic carbocycles. The fourth-order valence-electron chi connectivity index (χ4n) is 0.328. The second kappa shape index (κ2) is 4.13. The SMILES string of the molecule is C[CH]/C=C/C(=O)N(C)C. The number of allylic oxidation sites excluding steroid dienone is 1. The molecule has 0 heterocycles. The van der Waals surface area contributed by atoms with Crippen molar-refractivity contribution in [1.82, 2.24) is 4.90 Å². The van der Waals surface area contributed by atoms with Crippen LogP contribution in [0.15, 0.2) is 12.2 Å². The van der Waals surface area contributed by atoms with E-state index in [2.05, 4.69) is 0 Å². The Morgan fingerprint density at radius 1 is 1.44 bits per heavy atom. The van der Waals surface area contributed by atoms with E-state index < -0.39 is 0 Å². The smallest absolute Gasteiger partial charge is 0.245 e. The number of amides is 1. The molecule has 0 saturated heterocycles. The Morgan fingerprint density at radius 2 is 2.00 bits per heavy atom. The summed E-state index contributed by atoms with van der Waals surface area (Å²) in [4.78, 5) is 12.2. The molecule has 9 heavy (non-hydrogen) atoms. The van der Waals surface area contributed by atoms with E-state index in [4.69, 9.17) is 0 Å². The molecule has 0 aromatic rings. The summed E-state index contributed by atoms with van der Waals surface area (Å²) in [6, 6.07) is 0. The first kappa shape index (κ1) is 8.21. The van der Waals surface area contributed by atoms with Crippen molar-refractivity contribution in [2.45, 2.75) is 6.92 Å². The molecule has 0 atom stereocenters. The zero-order valence-electron chi connectivity index (χ0n) is 6.09. The van der Waals surface area contributed by atoms with Crippen molar-refractivity contribution in [2.75, 3.05) is 14.1 Å². The van der Waals surface area contributed by atoms with Crippen molar-refractivity contribution in [2.24, 2.45) is 0 Å². The quantitative estimate of drug-likeness (QED) is 0.502. The van der Waals surface area contributed by atoms with Gasteiger partial charge in [0.05, 0.1) is 0 Å². The Morgan fingerprint density at radius 3 is 2.33 bits per heavy atom. The van der Waals surface area contributed by atoms with Crippen LogP contribution in [0.4, 0.5) is 0 Å². The molecule has 0 aromatic carbocycles. The summed E-state index contributed by atoms with van der Waals surface area (Å²) in [5, 5.41) is 0. The minimum atomic E-state index is 0.0214. The number of likely N-dealkylation sites (N-methyl/N-ethyl adjacent to an activating group) is 1. The maximum atomic E-state index is 10.7. The number of hydrogen-bond acceptors (Lipinski definition) is 1. The van der Waals surface area contributed by atoms with Gasteiger partial charge in [-0.05, 0) is 12.5 Å². The highest BCUT2D eigenvalue weighted by Crippen LogP contribution is 1.82. The number of rotatable bonds is 2. The summed E-state index contributed by atoms with van der Waals surface area (Å²) in [7, 11) is 3.45. The van der Waals surface area contributed by atoms with Gasteiger partial charge in [-0.25, -0.2) is 0 Å². The third kappa shape index (κ3) is 3.76. The molecule has 0 aliphatic heterocycles. The molecule has 0 unspecified atom stereocenters. The predicted molar refractivity (Wildman–Crippen MR) is 37.8 cm³/mol. The summed E-state index contributed by atoms with van der Waals surface area (Å²) in [6.07, 6.45) is 5.07. The van der Waals surface area contributed by atoms with Crippen LogP contribution in [0, 0.1) is 6.42 Å². The van der Waals surface area contributed by atoms with Crippen LogP contribution in [-0.4, -0.2) is 24.9 Å². The summed E-state index contributed by atoms with van der Waals surface area (Å²) in [5.74, 6) is 0.0214. The number of hydrogen-bond donors (Lipinski definition) is 0. The molecule has 51 valence electrons. The summed E-state index contributed by atoms with van der Waals surface area (Å²) >= 11 is 0. The fraction of sp³-hybridized carbons (Fsp3) is 0.429. The van der Waals surface area contributed by atoms with Gasteiger partial charge in [0.2, 0.25) is 5.91 Å². The van der Waals surface area contributed by atoms with Gasteiger partial charge in [-0.3, -0.25) is 4.79 Å². The standard InChI is InChI=1S/C7H12NO/c1-4-5-6-7(9)8(2)3/h4-6H,1-3H3/b6-5+. The van der Waals surface area contributed by atoms with Crippen LogP contribution < -0.4 is 0 Å². The Bertz CT molecular complexity index is 116. The van der Waals surface area contributed by atoms with Gasteiger partial charge in [-0.2, -0.15) is 0 Å². The average molecular weight is 126 g/mol. The van der Waals surface area contributed by atoms with Gasteiger partial charge >= 0.3 is 0 Å². The van der Waals surface area contributed by atoms with Crippen LogP contribution in [0.2, 0.25) is 0 Å². The lowest BCUT2D eigenvalue weighted by atomic mass is 10.4. The van der Waals surface area contributed by atoms with E-state index in [0.29, 0.717) is 0 Å². The van der Waals surface area contributed by atoms with E-state index in [9.17, 15) is 4.79 Å². The molecule has 0 N–H and O–H groups in total. The lowest BCUT2D eigenvalue weighted by Crippen LogP contribution is -2.18. The van der Waals surface area contributed by atoms with Gasteiger partial charge in [0.15, 0.2) is 0 Å². The maximum absolute atomic E-state index is 10.7. The minimum Gasteiger partial charge on any atom is -0.345 e. The van der Waals surface area contributed by atoms with Crippen LogP contribution in [0.5, 0.6) is 0 Å². The molecule has 0 rings (SSSR count). The summed E-state index contributed by atoms with van der Waals surface area (Å²) in [6.45, 7) is 1.87. The van der Waals surface area contributed by atoms with E-state index in [1.54, 1.807) is 20.2 Å². The van der Waals surface area contributed by atoms with Gasteiger partial charge in [-0.1, -0.05) is 13.0 Å². The normalized spacial score (nSPS) is 10.1. The minimum absolute atomic E-state index is 0.0214. The van der Waals surface area contributed by atoms with Gasteiger partial charge in [-0.15, -0.1) is 0 Å². The molecule has 0 saturated carbocycles. The highest BCUT2D eigenvalue weighted by Gasteiger charge is 1.93. The molecular weight excluding hydrogens is 114 g/mol. The van der Waals surface area contributed by atoms with Gasteiger partial charge in [0.1, 0.15) is 0 Å². The van der Waals surface area contributed by atoms with Crippen molar-refractivity contribution >= 4 is 5.91 Å². The Labute approximate surface area is 56.2 Å². The van der Waals surface area contributed by atoms with Crippen LogP contribution >= 0.6 is 0 Å². The largest absolute Gasteiger partial charge is 0.345 e. The molecule has 0 fully saturated rings. The monoisotopic (exact) mass is 126 g/mol. The zero-order valence-corrected chi connectivity index (χ0v) is 6.09. The molecular formula is C7H12NO. The molecule has 1 amide bonds. The van der Waals surface area contributed by atoms with E-state index in [1.165, 1.54) is 11.0 Å². The second-order valence-corrected chi connectivity index (χ2v) is 1.93. The van der Waals surface area contributed by atoms with E-state index in [1.807, 2.05) is 13.3 Å². The van der Waals surface area contributed by atoms with Crippen LogP contribution in [0.1, 0.15) is 6.92 Å². The Balaban J connectivity index is 3.63. The van der Waals surface area contributed by atoms with Crippen molar-refractivity contribution in [3.8, 4) is 0 Å². The zero-order chi connectivity index (χ0) is 7.28. The molecule has 1 radical (unpaired) electrons. The summed E-state index contributed by atoms with van der Waals surface area (Å²) < 4.78 is 0. The molecule has 2 heteroatoms. The third-order valence-corrected chi connectivity index (χ3v) is 0.872. The van der Waals surface area contributed by atoms with Crippen molar-refractivity contribution in [3.63, 3.8) is 0 Å². The maximum Gasteiger partial charge on any atom is 0.245 e. The molecule has 2 nitrogen and oxygen atoms in total. The van der Waals surface area contributed by atoms with Crippen molar-refractivity contribution in [3.05, 3.63) is 18.6 Å². The topological polar surface area (TPSA) is 20.3 Å². The first-order chi connectivity index (χ1) is 4.18. The number of carbonyl (C=O) groups is 1. The Kier molecular flexibility index (Phi) is 3.76. The van der Waals surface area contributed by atoms with Gasteiger partial charge < -0.3 is 4.90 Å². The third-order valence-electron chi connectivity index (χ3n) is 0.872. The first-order valence-electron chi connectivity index (χ1n) is 2.85. The summed E-state index contributed by atoms with van der Waals surface area (Å²) in [5.41, 5.74) is 0. The molecule has 0 spiro atoms. The first-order valence-corrected chi connectivity index (χ1v) is 2.85. The van der Waals surface area contributed by atoms with Gasteiger partial charge in [0.25, 0.3) is 0 Å². The molecule has 0 aromatic heterocycles. The van der Waals surface area contributed by atoms with E-state index in [0.717, 1.165) is 0 Å². The predicted octanol–water partition coefficient (Wildman–Crippen LogP) is 0.855. The molecule has 0 bridgehead atoms. The number of carbonyl (C=O) groups excluding carboxylic acids is 1. The van der Waals surface area contributed by atoms with Crippen molar-refractivity contribution < 1.29 is 4.79 Å². The van der Waals surface area contributed by atoms with E-state index in [-0.39, 0.29) is 5.91 Å².